The minimum Gasteiger partial charge on any atom is -0.480 e. The lowest BCUT2D eigenvalue weighted by molar-refractivity contribution is -0.144. The molecule has 7 unspecified atom stereocenters. The average Bonchev–Trinajstić information content (AvgIpc) is 3.26. The molecular weight excluding hydrogens is 436 g/mol. The summed E-state index contributed by atoms with van der Waals surface area (Å²) in [5.74, 6) is -4.12. The fourth-order valence-electron chi connectivity index (χ4n) is 2.90. The van der Waals surface area contributed by atoms with Crippen LogP contribution in [0.3, 0.4) is 0 Å². The lowest BCUT2D eigenvalue weighted by atomic mass is 9.98. The zero-order valence-electron chi connectivity index (χ0n) is 19.1. The number of hydrogen-bond acceptors (Lipinski definition) is 8. The van der Waals surface area contributed by atoms with Gasteiger partial charge in [-0.3, -0.25) is 14.4 Å². The van der Waals surface area contributed by atoms with Gasteiger partial charge in [0.25, 0.3) is 0 Å². The van der Waals surface area contributed by atoms with Gasteiger partial charge in [-0.25, -0.2) is 9.78 Å². The van der Waals surface area contributed by atoms with E-state index in [9.17, 15) is 34.5 Å². The number of aliphatic hydroxyl groups is 2. The first-order valence-electron chi connectivity index (χ1n) is 10.6. The molecule has 13 nitrogen and oxygen atoms in total. The van der Waals surface area contributed by atoms with Crippen molar-refractivity contribution in [1.29, 1.82) is 0 Å². The van der Waals surface area contributed by atoms with Crippen molar-refractivity contribution in [2.45, 2.75) is 76.9 Å². The highest BCUT2D eigenvalue weighted by Crippen LogP contribution is 2.09. The average molecular weight is 471 g/mol. The van der Waals surface area contributed by atoms with Crippen molar-refractivity contribution in [3.8, 4) is 0 Å². The number of aromatic amines is 1. The molecule has 33 heavy (non-hydrogen) atoms. The summed E-state index contributed by atoms with van der Waals surface area (Å²) in [6, 6.07) is -5.24. The topological polar surface area (TPSA) is 220 Å². The van der Waals surface area contributed by atoms with Gasteiger partial charge in [-0.15, -0.1) is 0 Å². The summed E-state index contributed by atoms with van der Waals surface area (Å²) in [6.45, 7) is 6.00. The van der Waals surface area contributed by atoms with Gasteiger partial charge in [0.15, 0.2) is 0 Å². The predicted molar refractivity (Wildman–Crippen MR) is 117 cm³/mol. The predicted octanol–water partition coefficient (Wildman–Crippen LogP) is -2.37. The molecule has 1 rings (SSSR count). The lowest BCUT2D eigenvalue weighted by Gasteiger charge is -2.27. The molecule has 0 aliphatic carbocycles. The van der Waals surface area contributed by atoms with Crippen molar-refractivity contribution in [2.75, 3.05) is 0 Å². The minimum absolute atomic E-state index is 0.0575. The summed E-state index contributed by atoms with van der Waals surface area (Å²) in [6.07, 6.45) is 0.688. The Morgan fingerprint density at radius 2 is 1.61 bits per heavy atom. The molecular formula is C20H34N6O7. The van der Waals surface area contributed by atoms with Crippen LogP contribution in [0.1, 0.15) is 39.8 Å². The number of carboxylic acids is 1. The number of carbonyl (C=O) groups excluding carboxylic acids is 3. The first-order valence-corrected chi connectivity index (χ1v) is 10.6. The highest BCUT2D eigenvalue weighted by Gasteiger charge is 2.34. The van der Waals surface area contributed by atoms with Crippen LogP contribution < -0.4 is 21.7 Å². The largest absolute Gasteiger partial charge is 0.480 e. The second-order valence-electron chi connectivity index (χ2n) is 8.05. The van der Waals surface area contributed by atoms with Crippen LogP contribution >= 0.6 is 0 Å². The van der Waals surface area contributed by atoms with E-state index in [0.29, 0.717) is 12.1 Å². The summed E-state index contributed by atoms with van der Waals surface area (Å²) < 4.78 is 0. The number of aliphatic carboxylic acids is 1. The number of aromatic nitrogens is 2. The van der Waals surface area contributed by atoms with E-state index in [1.54, 1.807) is 13.8 Å². The number of aliphatic hydroxyl groups excluding tert-OH is 2. The lowest BCUT2D eigenvalue weighted by Crippen LogP contribution is -2.61. The molecule has 0 saturated heterocycles. The van der Waals surface area contributed by atoms with E-state index >= 15 is 0 Å². The van der Waals surface area contributed by atoms with Crippen molar-refractivity contribution in [3.05, 3.63) is 18.2 Å². The maximum atomic E-state index is 12.9. The molecule has 0 fully saturated rings. The number of nitrogens with zero attached hydrogens (tertiary/aromatic N) is 1. The molecule has 1 aromatic rings. The summed E-state index contributed by atoms with van der Waals surface area (Å²) in [5, 5.41) is 36.1. The van der Waals surface area contributed by atoms with Crippen LogP contribution in [-0.2, 0) is 25.6 Å². The summed E-state index contributed by atoms with van der Waals surface area (Å²) >= 11 is 0. The Hall–Kier alpha value is -3.03. The van der Waals surface area contributed by atoms with Crippen molar-refractivity contribution >= 4 is 23.7 Å². The zero-order valence-corrected chi connectivity index (χ0v) is 19.1. The highest BCUT2D eigenvalue weighted by molar-refractivity contribution is 5.94. The fourth-order valence-corrected chi connectivity index (χ4v) is 2.90. The van der Waals surface area contributed by atoms with Gasteiger partial charge in [-0.05, 0) is 19.8 Å². The molecule has 3 amide bonds. The number of imidazole rings is 1. The SMILES string of the molecule is CCC(C)C(NC(=O)C(Cc1cnc[nH]1)NC(=O)C(NC(=O)C(N)C(C)O)C(C)O)C(=O)O. The number of nitrogens with one attached hydrogen (secondary N) is 4. The number of carbonyl (C=O) groups is 4. The van der Waals surface area contributed by atoms with Crippen LogP contribution in [0.4, 0.5) is 0 Å². The quantitative estimate of drug-likeness (QED) is 0.154. The number of hydrogen-bond donors (Lipinski definition) is 8. The summed E-state index contributed by atoms with van der Waals surface area (Å²) in [4.78, 5) is 56.2. The van der Waals surface area contributed by atoms with Crippen molar-refractivity contribution in [3.63, 3.8) is 0 Å². The third kappa shape index (κ3) is 8.44. The molecule has 0 saturated carbocycles. The van der Waals surface area contributed by atoms with Gasteiger partial charge >= 0.3 is 5.97 Å². The van der Waals surface area contributed by atoms with Crippen LogP contribution in [0.15, 0.2) is 12.5 Å². The van der Waals surface area contributed by atoms with Gasteiger partial charge in [0.2, 0.25) is 17.7 Å². The Bertz CT molecular complexity index is 799. The first kappa shape index (κ1) is 28.0. The van der Waals surface area contributed by atoms with E-state index < -0.39 is 60.1 Å². The van der Waals surface area contributed by atoms with Gasteiger partial charge < -0.3 is 42.0 Å². The second-order valence-corrected chi connectivity index (χ2v) is 8.05. The summed E-state index contributed by atoms with van der Waals surface area (Å²) in [7, 11) is 0. The Labute approximate surface area is 191 Å². The molecule has 186 valence electrons. The number of amides is 3. The maximum Gasteiger partial charge on any atom is 0.326 e. The minimum atomic E-state index is -1.48. The summed E-state index contributed by atoms with van der Waals surface area (Å²) in [5.41, 5.74) is 6.05. The Kier molecular flexibility index (Phi) is 10.9. The molecule has 0 radical (unpaired) electrons. The zero-order chi connectivity index (χ0) is 25.3. The van der Waals surface area contributed by atoms with Crippen LogP contribution in [0.25, 0.3) is 0 Å². The molecule has 0 aliphatic heterocycles. The molecule has 0 bridgehead atoms. The molecule has 7 atom stereocenters. The Balaban J connectivity index is 3.07. The molecule has 9 N–H and O–H groups in total. The molecule has 1 heterocycles. The second kappa shape index (κ2) is 12.9. The van der Waals surface area contributed by atoms with Crippen LogP contribution in [0.2, 0.25) is 0 Å². The molecule has 0 aromatic carbocycles. The monoisotopic (exact) mass is 470 g/mol. The normalized spacial score (nSPS) is 17.5. The van der Waals surface area contributed by atoms with Crippen LogP contribution in [0, 0.1) is 5.92 Å². The van der Waals surface area contributed by atoms with Gasteiger partial charge in [-0.2, -0.15) is 0 Å². The molecule has 0 spiro atoms. The van der Waals surface area contributed by atoms with Gasteiger partial charge in [0, 0.05) is 18.3 Å². The maximum absolute atomic E-state index is 12.9. The first-order chi connectivity index (χ1) is 15.4. The van der Waals surface area contributed by atoms with Crippen LogP contribution in [-0.4, -0.2) is 85.4 Å². The van der Waals surface area contributed by atoms with Gasteiger partial charge in [0.05, 0.1) is 18.5 Å². The van der Waals surface area contributed by atoms with E-state index in [2.05, 4.69) is 25.9 Å². The van der Waals surface area contributed by atoms with E-state index in [1.165, 1.54) is 26.4 Å². The third-order valence-electron chi connectivity index (χ3n) is 5.27. The number of H-pyrrole nitrogens is 1. The fraction of sp³-hybridized carbons (Fsp3) is 0.650. The van der Waals surface area contributed by atoms with Crippen molar-refractivity contribution < 1.29 is 34.5 Å². The molecule has 1 aromatic heterocycles. The highest BCUT2D eigenvalue weighted by atomic mass is 16.4. The molecule has 13 heteroatoms. The van der Waals surface area contributed by atoms with E-state index in [1.807, 2.05) is 0 Å². The van der Waals surface area contributed by atoms with Gasteiger partial charge in [-0.1, -0.05) is 20.3 Å². The van der Waals surface area contributed by atoms with E-state index in [4.69, 9.17) is 5.73 Å². The number of rotatable bonds is 13. The van der Waals surface area contributed by atoms with Gasteiger partial charge in [0.1, 0.15) is 24.2 Å². The Morgan fingerprint density at radius 1 is 1.00 bits per heavy atom. The Morgan fingerprint density at radius 3 is 2.06 bits per heavy atom. The standard InChI is InChI=1S/C20H34N6O7/c1-5-9(2)15(20(32)33)25-17(29)13(6-12-7-22-8-23-12)24-19(31)16(11(4)28)26-18(30)14(21)10(3)27/h7-11,13-16,27-28H,5-6,21H2,1-4H3,(H,22,23)(H,24,31)(H,25,29)(H,26,30)(H,32,33). The third-order valence-corrected chi connectivity index (χ3v) is 5.27. The number of nitrogens with two attached hydrogens (primary N) is 1. The van der Waals surface area contributed by atoms with Crippen LogP contribution in [0.5, 0.6) is 0 Å². The van der Waals surface area contributed by atoms with Crippen molar-refractivity contribution in [1.82, 2.24) is 25.9 Å². The smallest absolute Gasteiger partial charge is 0.326 e. The van der Waals surface area contributed by atoms with E-state index in [-0.39, 0.29) is 12.3 Å². The molecule has 0 aliphatic rings. The number of carboxylic acid groups (broad SMARTS) is 1. The van der Waals surface area contributed by atoms with E-state index in [0.717, 1.165) is 0 Å². The van der Waals surface area contributed by atoms with Crippen molar-refractivity contribution in [2.24, 2.45) is 11.7 Å².